The molecule has 1 amide bonds. The zero-order valence-electron chi connectivity index (χ0n) is 12.1. The fourth-order valence-electron chi connectivity index (χ4n) is 2.58. The molecule has 1 fully saturated rings. The molecule has 0 saturated heterocycles. The summed E-state index contributed by atoms with van der Waals surface area (Å²) in [6.07, 6.45) is -3.24. The summed E-state index contributed by atoms with van der Waals surface area (Å²) < 4.78 is 43.3. The van der Waals surface area contributed by atoms with Gasteiger partial charge in [-0.15, -0.1) is 0 Å². The number of rotatable bonds is 5. The van der Waals surface area contributed by atoms with Crippen molar-refractivity contribution in [3.8, 4) is 5.75 Å². The molecule has 2 atom stereocenters. The number of carbonyl (C=O) groups is 2. The topological polar surface area (TPSA) is 75.6 Å². The lowest BCUT2D eigenvalue weighted by atomic mass is 10.1. The molecular formula is C15H16F3NO4. The molecule has 0 aromatic heterocycles. The van der Waals surface area contributed by atoms with Crippen molar-refractivity contribution in [3.63, 3.8) is 0 Å². The molecule has 1 aromatic rings. The summed E-state index contributed by atoms with van der Waals surface area (Å²) in [5, 5.41) is 11.5. The summed E-state index contributed by atoms with van der Waals surface area (Å²) in [5.74, 6) is -2.38. The molecule has 1 saturated carbocycles. The van der Waals surface area contributed by atoms with Gasteiger partial charge in [0.05, 0.1) is 11.5 Å². The number of alkyl halides is 3. The molecule has 1 aliphatic rings. The summed E-state index contributed by atoms with van der Waals surface area (Å²) in [7, 11) is 0. The standard InChI is InChI=1S/C15H16F3NO4/c16-15(17,18)11-3-1-2-4-12(11)23-8-13(20)19-10-6-5-9(7-10)14(21)22/h1-4,9-10H,5-8H2,(H,19,20)(H,21,22)/t9-,10+/m0/s1. The van der Waals surface area contributed by atoms with Crippen LogP contribution in [0.2, 0.25) is 0 Å². The Balaban J connectivity index is 1.87. The van der Waals surface area contributed by atoms with E-state index >= 15 is 0 Å². The van der Waals surface area contributed by atoms with Gasteiger partial charge in [0.1, 0.15) is 5.75 Å². The molecule has 1 aliphatic carbocycles. The smallest absolute Gasteiger partial charge is 0.419 e. The minimum Gasteiger partial charge on any atom is -0.483 e. The molecule has 5 nitrogen and oxygen atoms in total. The van der Waals surface area contributed by atoms with Crippen molar-refractivity contribution in [2.75, 3.05) is 6.61 Å². The molecule has 0 radical (unpaired) electrons. The summed E-state index contributed by atoms with van der Waals surface area (Å²) in [6.45, 7) is -0.554. The van der Waals surface area contributed by atoms with E-state index < -0.39 is 41.9 Å². The Kier molecular flexibility index (Phi) is 5.12. The number of carboxylic acid groups (broad SMARTS) is 1. The summed E-state index contributed by atoms with van der Waals surface area (Å²) in [4.78, 5) is 22.6. The van der Waals surface area contributed by atoms with Gasteiger partial charge in [0.2, 0.25) is 0 Å². The highest BCUT2D eigenvalue weighted by Gasteiger charge is 2.34. The number of benzene rings is 1. The zero-order chi connectivity index (χ0) is 17.0. The van der Waals surface area contributed by atoms with Crippen LogP contribution in [0, 0.1) is 5.92 Å². The van der Waals surface area contributed by atoms with E-state index in [2.05, 4.69) is 5.32 Å². The summed E-state index contributed by atoms with van der Waals surface area (Å²) >= 11 is 0. The molecule has 2 N–H and O–H groups in total. The fourth-order valence-corrected chi connectivity index (χ4v) is 2.58. The Labute approximate surface area is 130 Å². The van der Waals surface area contributed by atoms with E-state index in [-0.39, 0.29) is 6.04 Å². The maximum Gasteiger partial charge on any atom is 0.419 e. The third-order valence-corrected chi connectivity index (χ3v) is 3.70. The molecule has 0 aliphatic heterocycles. The quantitative estimate of drug-likeness (QED) is 0.869. The first-order chi connectivity index (χ1) is 10.8. The summed E-state index contributed by atoms with van der Waals surface area (Å²) in [5.41, 5.74) is -0.945. The van der Waals surface area contributed by atoms with E-state index in [1.54, 1.807) is 0 Å². The van der Waals surface area contributed by atoms with E-state index in [1.807, 2.05) is 0 Å². The predicted octanol–water partition coefficient (Wildman–Crippen LogP) is 2.45. The second-order valence-electron chi connectivity index (χ2n) is 5.40. The minimum atomic E-state index is -4.56. The third kappa shape index (κ3) is 4.61. The number of hydrogen-bond acceptors (Lipinski definition) is 3. The Morgan fingerprint density at radius 1 is 1.26 bits per heavy atom. The van der Waals surface area contributed by atoms with Crippen LogP contribution in [0.3, 0.4) is 0 Å². The van der Waals surface area contributed by atoms with E-state index in [0.717, 1.165) is 12.1 Å². The molecular weight excluding hydrogens is 315 g/mol. The lowest BCUT2D eigenvalue weighted by Crippen LogP contribution is -2.36. The molecule has 2 rings (SSSR count). The Hall–Kier alpha value is -2.25. The number of para-hydroxylation sites is 1. The highest BCUT2D eigenvalue weighted by Crippen LogP contribution is 2.35. The van der Waals surface area contributed by atoms with Crippen molar-refractivity contribution < 1.29 is 32.6 Å². The van der Waals surface area contributed by atoms with E-state index in [4.69, 9.17) is 9.84 Å². The molecule has 8 heteroatoms. The van der Waals surface area contributed by atoms with Crippen molar-refractivity contribution >= 4 is 11.9 Å². The van der Waals surface area contributed by atoms with Crippen LogP contribution in [0.25, 0.3) is 0 Å². The van der Waals surface area contributed by atoms with Crippen molar-refractivity contribution in [3.05, 3.63) is 29.8 Å². The Morgan fingerprint density at radius 2 is 1.96 bits per heavy atom. The molecule has 1 aromatic carbocycles. The van der Waals surface area contributed by atoms with Gasteiger partial charge in [0.15, 0.2) is 6.61 Å². The number of amides is 1. The molecule has 0 spiro atoms. The van der Waals surface area contributed by atoms with Gasteiger partial charge in [-0.25, -0.2) is 0 Å². The van der Waals surface area contributed by atoms with Gasteiger partial charge < -0.3 is 15.2 Å². The molecule has 126 valence electrons. The van der Waals surface area contributed by atoms with E-state index in [1.165, 1.54) is 12.1 Å². The highest BCUT2D eigenvalue weighted by atomic mass is 19.4. The lowest BCUT2D eigenvalue weighted by Gasteiger charge is -2.15. The SMILES string of the molecule is O=C(COc1ccccc1C(F)(F)F)N[C@@H]1CC[C@H](C(=O)O)C1. The fraction of sp³-hybridized carbons (Fsp3) is 0.467. The second kappa shape index (κ2) is 6.89. The number of halogens is 3. The average molecular weight is 331 g/mol. The van der Waals surface area contributed by atoms with Crippen LogP contribution >= 0.6 is 0 Å². The first-order valence-electron chi connectivity index (χ1n) is 7.08. The first-order valence-corrected chi connectivity index (χ1v) is 7.08. The van der Waals surface area contributed by atoms with Gasteiger partial charge in [0.25, 0.3) is 5.91 Å². The number of carbonyl (C=O) groups excluding carboxylic acids is 1. The van der Waals surface area contributed by atoms with Gasteiger partial charge in [0, 0.05) is 6.04 Å². The molecule has 0 heterocycles. The predicted molar refractivity (Wildman–Crippen MR) is 73.8 cm³/mol. The van der Waals surface area contributed by atoms with Crippen molar-refractivity contribution in [1.82, 2.24) is 5.32 Å². The van der Waals surface area contributed by atoms with Crippen molar-refractivity contribution in [1.29, 1.82) is 0 Å². The molecule has 23 heavy (non-hydrogen) atoms. The zero-order valence-corrected chi connectivity index (χ0v) is 12.1. The maximum absolute atomic E-state index is 12.8. The number of carboxylic acids is 1. The Morgan fingerprint density at radius 3 is 2.57 bits per heavy atom. The van der Waals surface area contributed by atoms with Crippen LogP contribution in [-0.2, 0) is 15.8 Å². The van der Waals surface area contributed by atoms with Crippen LogP contribution in [0.1, 0.15) is 24.8 Å². The second-order valence-corrected chi connectivity index (χ2v) is 5.40. The van der Waals surface area contributed by atoms with Gasteiger partial charge in [-0.05, 0) is 31.4 Å². The van der Waals surface area contributed by atoms with Crippen LogP contribution in [0.4, 0.5) is 13.2 Å². The average Bonchev–Trinajstić information content (AvgIpc) is 2.93. The molecule has 0 bridgehead atoms. The highest BCUT2D eigenvalue weighted by molar-refractivity contribution is 5.78. The normalized spacial score (nSPS) is 21.0. The van der Waals surface area contributed by atoms with Crippen LogP contribution in [0.15, 0.2) is 24.3 Å². The minimum absolute atomic E-state index is 0.287. The van der Waals surface area contributed by atoms with Crippen LogP contribution in [-0.4, -0.2) is 29.6 Å². The monoisotopic (exact) mass is 331 g/mol. The largest absolute Gasteiger partial charge is 0.483 e. The van der Waals surface area contributed by atoms with Crippen LogP contribution in [0.5, 0.6) is 5.75 Å². The van der Waals surface area contributed by atoms with Crippen LogP contribution < -0.4 is 10.1 Å². The Bertz CT molecular complexity index is 588. The van der Waals surface area contributed by atoms with Gasteiger partial charge in [-0.1, -0.05) is 12.1 Å². The third-order valence-electron chi connectivity index (χ3n) is 3.70. The number of nitrogens with one attached hydrogen (secondary N) is 1. The lowest BCUT2D eigenvalue weighted by molar-refractivity contribution is -0.141. The van der Waals surface area contributed by atoms with Crippen molar-refractivity contribution in [2.24, 2.45) is 5.92 Å². The maximum atomic E-state index is 12.8. The van der Waals surface area contributed by atoms with Gasteiger partial charge in [-0.3, -0.25) is 9.59 Å². The van der Waals surface area contributed by atoms with Gasteiger partial charge in [-0.2, -0.15) is 13.2 Å². The molecule has 0 unspecified atom stereocenters. The van der Waals surface area contributed by atoms with E-state index in [0.29, 0.717) is 19.3 Å². The van der Waals surface area contributed by atoms with Crippen molar-refractivity contribution in [2.45, 2.75) is 31.5 Å². The number of ether oxygens (including phenoxy) is 1. The summed E-state index contributed by atoms with van der Waals surface area (Å²) in [6, 6.07) is 4.36. The first kappa shape index (κ1) is 17.1. The van der Waals surface area contributed by atoms with Gasteiger partial charge >= 0.3 is 12.1 Å². The number of aliphatic carboxylic acids is 1. The van der Waals surface area contributed by atoms with E-state index in [9.17, 15) is 22.8 Å². The number of hydrogen-bond donors (Lipinski definition) is 2.